The standard InChI is InChI=1S/C42H25N/c1-2-11-31(12-3-1)43-38-21-18-26-9-4-5-13-32(26)41(38)42-33-20-17-27(23-28(33)19-22-39(42)43)30-24-29-10-8-16-36-34-14-6-7-15-35(34)37(25-30)40(29)36/h1-25H. The molecule has 0 aliphatic heterocycles. The van der Waals surface area contributed by atoms with E-state index < -0.39 is 0 Å². The first kappa shape index (κ1) is 23.0. The molecule has 0 fully saturated rings. The molecular formula is C42H25N. The summed E-state index contributed by atoms with van der Waals surface area (Å²) in [5.74, 6) is 0. The maximum Gasteiger partial charge on any atom is 0.0547 e. The number of hydrogen-bond donors (Lipinski definition) is 0. The lowest BCUT2D eigenvalue weighted by molar-refractivity contribution is 1.18. The zero-order chi connectivity index (χ0) is 28.1. The van der Waals surface area contributed by atoms with Crippen LogP contribution in [0.3, 0.4) is 0 Å². The van der Waals surface area contributed by atoms with Crippen LogP contribution in [0.4, 0.5) is 0 Å². The van der Waals surface area contributed by atoms with Crippen LogP contribution < -0.4 is 0 Å². The van der Waals surface area contributed by atoms with E-state index in [9.17, 15) is 0 Å². The Kier molecular flexibility index (Phi) is 4.51. The highest BCUT2D eigenvalue weighted by Crippen LogP contribution is 2.49. The molecule has 0 saturated heterocycles. The molecule has 198 valence electrons. The van der Waals surface area contributed by atoms with E-state index in [1.807, 2.05) is 0 Å². The highest BCUT2D eigenvalue weighted by atomic mass is 15.0. The molecule has 1 heterocycles. The first-order valence-electron chi connectivity index (χ1n) is 14.9. The van der Waals surface area contributed by atoms with Gasteiger partial charge < -0.3 is 4.57 Å². The fraction of sp³-hybridized carbons (Fsp3) is 0. The van der Waals surface area contributed by atoms with E-state index in [0.29, 0.717) is 0 Å². The van der Waals surface area contributed by atoms with E-state index in [0.717, 1.165) is 0 Å². The molecule has 0 atom stereocenters. The van der Waals surface area contributed by atoms with Crippen LogP contribution in [0.5, 0.6) is 0 Å². The number of fused-ring (bicyclic) bond motifs is 10. The highest BCUT2D eigenvalue weighted by Gasteiger charge is 2.22. The number of benzene rings is 8. The van der Waals surface area contributed by atoms with Gasteiger partial charge in [0.05, 0.1) is 11.0 Å². The fourth-order valence-electron chi connectivity index (χ4n) is 7.63. The lowest BCUT2D eigenvalue weighted by Crippen LogP contribution is -1.93. The Balaban J connectivity index is 1.26. The second-order valence-corrected chi connectivity index (χ2v) is 11.7. The van der Waals surface area contributed by atoms with Crippen LogP contribution in [0.1, 0.15) is 0 Å². The van der Waals surface area contributed by atoms with Crippen LogP contribution >= 0.6 is 0 Å². The third-order valence-electron chi connectivity index (χ3n) is 9.47. The van der Waals surface area contributed by atoms with E-state index in [1.165, 1.54) is 93.2 Å². The maximum atomic E-state index is 2.42. The van der Waals surface area contributed by atoms with E-state index in [-0.39, 0.29) is 0 Å². The summed E-state index contributed by atoms with van der Waals surface area (Å²) in [5, 5.41) is 10.4. The number of aromatic nitrogens is 1. The Bertz CT molecular complexity index is 2600. The van der Waals surface area contributed by atoms with Crippen molar-refractivity contribution in [1.82, 2.24) is 4.57 Å². The zero-order valence-corrected chi connectivity index (χ0v) is 23.4. The molecule has 0 radical (unpaired) electrons. The molecular weight excluding hydrogens is 518 g/mol. The maximum absolute atomic E-state index is 2.42. The van der Waals surface area contributed by atoms with Crippen LogP contribution in [0.15, 0.2) is 152 Å². The minimum absolute atomic E-state index is 1.18. The molecule has 1 nitrogen and oxygen atoms in total. The summed E-state index contributed by atoms with van der Waals surface area (Å²) in [6, 6.07) is 56.0. The quantitative estimate of drug-likeness (QED) is 0.204. The normalized spacial score (nSPS) is 12.2. The summed E-state index contributed by atoms with van der Waals surface area (Å²) >= 11 is 0. The highest BCUT2D eigenvalue weighted by molar-refractivity contribution is 6.28. The lowest BCUT2D eigenvalue weighted by Gasteiger charge is -2.10. The smallest absolute Gasteiger partial charge is 0.0547 e. The van der Waals surface area contributed by atoms with E-state index in [2.05, 4.69) is 156 Å². The van der Waals surface area contributed by atoms with Gasteiger partial charge >= 0.3 is 0 Å². The van der Waals surface area contributed by atoms with Crippen molar-refractivity contribution in [1.29, 1.82) is 0 Å². The van der Waals surface area contributed by atoms with Gasteiger partial charge in [0, 0.05) is 16.5 Å². The molecule has 9 aromatic rings. The van der Waals surface area contributed by atoms with Crippen LogP contribution in [0.2, 0.25) is 0 Å². The zero-order valence-electron chi connectivity index (χ0n) is 23.4. The molecule has 1 heteroatoms. The van der Waals surface area contributed by atoms with Crippen molar-refractivity contribution in [2.45, 2.75) is 0 Å². The van der Waals surface area contributed by atoms with Gasteiger partial charge in [-0.25, -0.2) is 0 Å². The molecule has 0 unspecified atom stereocenters. The molecule has 1 aliphatic rings. The minimum Gasteiger partial charge on any atom is -0.309 e. The number of nitrogens with zero attached hydrogens (tertiary/aromatic N) is 1. The van der Waals surface area contributed by atoms with Gasteiger partial charge in [0.2, 0.25) is 0 Å². The molecule has 8 aromatic carbocycles. The topological polar surface area (TPSA) is 4.93 Å². The van der Waals surface area contributed by atoms with Gasteiger partial charge in [-0.1, -0.05) is 109 Å². The van der Waals surface area contributed by atoms with Gasteiger partial charge in [0.1, 0.15) is 0 Å². The van der Waals surface area contributed by atoms with Gasteiger partial charge in [0.15, 0.2) is 0 Å². The van der Waals surface area contributed by atoms with Crippen LogP contribution in [0, 0.1) is 0 Å². The second kappa shape index (κ2) is 8.44. The monoisotopic (exact) mass is 543 g/mol. The first-order chi connectivity index (χ1) is 21.3. The Hall–Kier alpha value is -5.66. The van der Waals surface area contributed by atoms with Gasteiger partial charge in [-0.05, 0) is 108 Å². The molecule has 0 spiro atoms. The van der Waals surface area contributed by atoms with Crippen molar-refractivity contribution in [3.8, 4) is 39.1 Å². The molecule has 0 saturated carbocycles. The lowest BCUT2D eigenvalue weighted by atomic mass is 9.93. The van der Waals surface area contributed by atoms with Crippen molar-refractivity contribution >= 4 is 54.1 Å². The summed E-state index contributed by atoms with van der Waals surface area (Å²) in [5.41, 5.74) is 11.5. The SMILES string of the molecule is c1ccc(-n2c3ccc4ccccc4c3c3c4ccc(-c5cc6c7c(cccc7c5)-c5ccccc5-6)cc4ccc32)cc1. The summed E-state index contributed by atoms with van der Waals surface area (Å²) in [6.07, 6.45) is 0. The van der Waals surface area contributed by atoms with Gasteiger partial charge in [-0.15, -0.1) is 0 Å². The van der Waals surface area contributed by atoms with E-state index in [1.54, 1.807) is 0 Å². The summed E-state index contributed by atoms with van der Waals surface area (Å²) < 4.78 is 2.42. The van der Waals surface area contributed by atoms with Crippen molar-refractivity contribution in [2.75, 3.05) is 0 Å². The third kappa shape index (κ3) is 3.11. The molecule has 0 amide bonds. The Morgan fingerprint density at radius 1 is 0.326 bits per heavy atom. The summed E-state index contributed by atoms with van der Waals surface area (Å²) in [4.78, 5) is 0. The van der Waals surface area contributed by atoms with Crippen LogP contribution in [-0.2, 0) is 0 Å². The van der Waals surface area contributed by atoms with Gasteiger partial charge in [0.25, 0.3) is 0 Å². The van der Waals surface area contributed by atoms with Crippen molar-refractivity contribution in [3.63, 3.8) is 0 Å². The predicted molar refractivity (Wildman–Crippen MR) is 183 cm³/mol. The van der Waals surface area contributed by atoms with E-state index in [4.69, 9.17) is 0 Å². The number of hydrogen-bond acceptors (Lipinski definition) is 0. The average Bonchev–Trinajstić information content (AvgIpc) is 3.59. The molecule has 0 N–H and O–H groups in total. The van der Waals surface area contributed by atoms with E-state index >= 15 is 0 Å². The molecule has 1 aliphatic carbocycles. The van der Waals surface area contributed by atoms with Crippen LogP contribution in [0.25, 0.3) is 93.2 Å². The minimum atomic E-state index is 1.18. The first-order valence-corrected chi connectivity index (χ1v) is 14.9. The Morgan fingerprint density at radius 3 is 1.79 bits per heavy atom. The molecule has 43 heavy (non-hydrogen) atoms. The van der Waals surface area contributed by atoms with Crippen molar-refractivity contribution < 1.29 is 0 Å². The second-order valence-electron chi connectivity index (χ2n) is 11.7. The molecule has 10 rings (SSSR count). The molecule has 0 bridgehead atoms. The number of rotatable bonds is 2. The fourth-order valence-corrected chi connectivity index (χ4v) is 7.63. The van der Waals surface area contributed by atoms with Crippen LogP contribution in [-0.4, -0.2) is 4.57 Å². The third-order valence-corrected chi connectivity index (χ3v) is 9.47. The summed E-state index contributed by atoms with van der Waals surface area (Å²) in [6.45, 7) is 0. The Labute approximate surface area is 248 Å². The van der Waals surface area contributed by atoms with Gasteiger partial charge in [-0.2, -0.15) is 0 Å². The van der Waals surface area contributed by atoms with Crippen molar-refractivity contribution in [2.24, 2.45) is 0 Å². The largest absolute Gasteiger partial charge is 0.309 e. The number of para-hydroxylation sites is 1. The predicted octanol–water partition coefficient (Wildman–Crippen LogP) is 11.6. The summed E-state index contributed by atoms with van der Waals surface area (Å²) in [7, 11) is 0. The van der Waals surface area contributed by atoms with Gasteiger partial charge in [-0.3, -0.25) is 0 Å². The Morgan fingerprint density at radius 2 is 0.953 bits per heavy atom. The van der Waals surface area contributed by atoms with Crippen molar-refractivity contribution in [3.05, 3.63) is 152 Å². The average molecular weight is 544 g/mol. The molecule has 1 aromatic heterocycles.